The molecule has 0 aliphatic heterocycles. The van der Waals surface area contributed by atoms with Crippen LogP contribution in [0.2, 0.25) is 5.02 Å². The molecule has 0 heterocycles. The Bertz CT molecular complexity index is 780. The van der Waals surface area contributed by atoms with E-state index in [1.165, 1.54) is 0 Å². The van der Waals surface area contributed by atoms with Crippen molar-refractivity contribution in [1.82, 2.24) is 0 Å². The highest BCUT2D eigenvalue weighted by molar-refractivity contribution is 6.37. The topological polar surface area (TPSA) is 71.4 Å². The molecule has 0 unspecified atom stereocenters. The van der Waals surface area contributed by atoms with Crippen LogP contribution in [0, 0.1) is 6.92 Å². The predicted molar refractivity (Wildman–Crippen MR) is 87.0 cm³/mol. The largest absolute Gasteiger partial charge is 0.475 e. The molecule has 0 aromatic heterocycles. The number of carbonyl (C=O) groups is 3. The first-order chi connectivity index (χ1) is 10.9. The van der Waals surface area contributed by atoms with Gasteiger partial charge in [0, 0.05) is 10.6 Å². The molecule has 0 spiro atoms. The molecule has 1 N–H and O–H groups in total. The number of aliphatic carboxylic acids is 1. The standard InChI is InChI=1S/C18H15ClO4/c1-11-13(5-3-7-15(11)19)8-12-4-2-6-14(9-12)16(20)10-17(21)18(22)23/h2-7,9H,8,10H2,1H3,(H,22,23). The van der Waals surface area contributed by atoms with Gasteiger partial charge in [0.1, 0.15) is 0 Å². The van der Waals surface area contributed by atoms with Crippen molar-refractivity contribution in [3.8, 4) is 0 Å². The zero-order valence-electron chi connectivity index (χ0n) is 12.5. The minimum atomic E-state index is -1.59. The summed E-state index contributed by atoms with van der Waals surface area (Å²) < 4.78 is 0. The Morgan fingerprint density at radius 3 is 2.48 bits per heavy atom. The molecule has 2 aromatic rings. The fraction of sp³-hybridized carbons (Fsp3) is 0.167. The molecular weight excluding hydrogens is 316 g/mol. The molecular formula is C18H15ClO4. The van der Waals surface area contributed by atoms with E-state index in [4.69, 9.17) is 16.7 Å². The number of hydrogen-bond acceptors (Lipinski definition) is 3. The highest BCUT2D eigenvalue weighted by Crippen LogP contribution is 2.22. The molecule has 0 aliphatic rings. The molecule has 0 bridgehead atoms. The second-order valence-electron chi connectivity index (χ2n) is 5.23. The quantitative estimate of drug-likeness (QED) is 0.500. The van der Waals surface area contributed by atoms with E-state index in [0.717, 1.165) is 16.7 Å². The van der Waals surface area contributed by atoms with Crippen molar-refractivity contribution in [3.63, 3.8) is 0 Å². The number of ketones is 2. The van der Waals surface area contributed by atoms with E-state index in [9.17, 15) is 14.4 Å². The Kier molecular flexibility index (Phi) is 5.29. The molecule has 2 aromatic carbocycles. The Balaban J connectivity index is 2.20. The molecule has 5 heteroatoms. The smallest absolute Gasteiger partial charge is 0.372 e. The molecule has 2 rings (SSSR count). The number of carbonyl (C=O) groups excluding carboxylic acids is 2. The summed E-state index contributed by atoms with van der Waals surface area (Å²) in [7, 11) is 0. The average Bonchev–Trinajstić information content (AvgIpc) is 2.52. The second-order valence-corrected chi connectivity index (χ2v) is 5.64. The van der Waals surface area contributed by atoms with Gasteiger partial charge in [-0.1, -0.05) is 41.9 Å². The Morgan fingerprint density at radius 1 is 1.09 bits per heavy atom. The fourth-order valence-corrected chi connectivity index (χ4v) is 2.44. The highest BCUT2D eigenvalue weighted by Gasteiger charge is 2.18. The Hall–Kier alpha value is -2.46. The van der Waals surface area contributed by atoms with Crippen molar-refractivity contribution in [3.05, 3.63) is 69.7 Å². The van der Waals surface area contributed by atoms with Gasteiger partial charge >= 0.3 is 5.97 Å². The Labute approximate surface area is 138 Å². The summed E-state index contributed by atoms with van der Waals surface area (Å²) in [5.74, 6) is -3.20. The van der Waals surface area contributed by atoms with Crippen LogP contribution in [0.1, 0.15) is 33.5 Å². The fourth-order valence-electron chi connectivity index (χ4n) is 2.24. The van der Waals surface area contributed by atoms with Crippen molar-refractivity contribution < 1.29 is 19.5 Å². The third kappa shape index (κ3) is 4.27. The van der Waals surface area contributed by atoms with Crippen molar-refractivity contribution in [2.75, 3.05) is 0 Å². The van der Waals surface area contributed by atoms with E-state index >= 15 is 0 Å². The van der Waals surface area contributed by atoms with Crippen LogP contribution in [-0.2, 0) is 16.0 Å². The lowest BCUT2D eigenvalue weighted by Crippen LogP contribution is -2.17. The summed E-state index contributed by atoms with van der Waals surface area (Å²) in [4.78, 5) is 33.7. The summed E-state index contributed by atoms with van der Waals surface area (Å²) in [6.45, 7) is 1.93. The van der Waals surface area contributed by atoms with Gasteiger partial charge in [-0.25, -0.2) is 4.79 Å². The third-order valence-electron chi connectivity index (χ3n) is 3.58. The molecule has 0 saturated heterocycles. The lowest BCUT2D eigenvalue weighted by Gasteiger charge is -2.08. The van der Waals surface area contributed by atoms with Gasteiger partial charge in [0.2, 0.25) is 5.78 Å². The summed E-state index contributed by atoms with van der Waals surface area (Å²) >= 11 is 6.10. The van der Waals surface area contributed by atoms with Gasteiger partial charge in [-0.3, -0.25) is 9.59 Å². The molecule has 0 saturated carbocycles. The van der Waals surface area contributed by atoms with Crippen LogP contribution in [0.25, 0.3) is 0 Å². The number of hydrogen-bond donors (Lipinski definition) is 1. The maximum atomic E-state index is 12.0. The van der Waals surface area contributed by atoms with Gasteiger partial charge in [-0.2, -0.15) is 0 Å². The summed E-state index contributed by atoms with van der Waals surface area (Å²) in [6.07, 6.45) is -0.0324. The van der Waals surface area contributed by atoms with Gasteiger partial charge in [-0.15, -0.1) is 0 Å². The van der Waals surface area contributed by atoms with Crippen LogP contribution < -0.4 is 0 Å². The number of carboxylic acids is 1. The molecule has 118 valence electrons. The van der Waals surface area contributed by atoms with Gasteiger partial charge in [0.15, 0.2) is 5.78 Å². The molecule has 0 fully saturated rings. The predicted octanol–water partition coefficient (Wildman–Crippen LogP) is 3.47. The van der Waals surface area contributed by atoms with Crippen LogP contribution in [-0.4, -0.2) is 22.6 Å². The van der Waals surface area contributed by atoms with Crippen LogP contribution in [0.15, 0.2) is 42.5 Å². The zero-order valence-corrected chi connectivity index (χ0v) is 13.3. The first-order valence-corrected chi connectivity index (χ1v) is 7.38. The maximum absolute atomic E-state index is 12.0. The van der Waals surface area contributed by atoms with E-state index in [0.29, 0.717) is 17.0 Å². The van der Waals surface area contributed by atoms with Crippen LogP contribution in [0.5, 0.6) is 0 Å². The van der Waals surface area contributed by atoms with E-state index in [1.54, 1.807) is 18.2 Å². The lowest BCUT2D eigenvalue weighted by molar-refractivity contribution is -0.148. The van der Waals surface area contributed by atoms with Crippen molar-refractivity contribution in [1.29, 1.82) is 0 Å². The lowest BCUT2D eigenvalue weighted by atomic mass is 9.97. The zero-order chi connectivity index (χ0) is 17.0. The van der Waals surface area contributed by atoms with Gasteiger partial charge in [0.25, 0.3) is 0 Å². The first-order valence-electron chi connectivity index (χ1n) is 7.00. The normalized spacial score (nSPS) is 10.3. The van der Waals surface area contributed by atoms with Crippen LogP contribution >= 0.6 is 11.6 Å². The van der Waals surface area contributed by atoms with Gasteiger partial charge in [-0.05, 0) is 42.2 Å². The third-order valence-corrected chi connectivity index (χ3v) is 3.99. The minimum Gasteiger partial charge on any atom is -0.475 e. The Morgan fingerprint density at radius 2 is 1.78 bits per heavy atom. The van der Waals surface area contributed by atoms with E-state index < -0.39 is 24.0 Å². The number of benzene rings is 2. The van der Waals surface area contributed by atoms with Gasteiger partial charge in [0.05, 0.1) is 6.42 Å². The molecule has 0 aliphatic carbocycles. The highest BCUT2D eigenvalue weighted by atomic mass is 35.5. The molecule has 0 radical (unpaired) electrons. The van der Waals surface area contributed by atoms with E-state index in [1.807, 2.05) is 31.2 Å². The first kappa shape index (κ1) is 16.9. The average molecular weight is 331 g/mol. The minimum absolute atomic E-state index is 0.330. The van der Waals surface area contributed by atoms with E-state index in [-0.39, 0.29) is 0 Å². The van der Waals surface area contributed by atoms with Crippen molar-refractivity contribution in [2.24, 2.45) is 0 Å². The number of carboxylic acid groups (broad SMARTS) is 1. The van der Waals surface area contributed by atoms with Crippen LogP contribution in [0.4, 0.5) is 0 Å². The molecule has 4 nitrogen and oxygen atoms in total. The van der Waals surface area contributed by atoms with Crippen molar-refractivity contribution >= 4 is 29.1 Å². The molecule has 23 heavy (non-hydrogen) atoms. The molecule has 0 atom stereocenters. The maximum Gasteiger partial charge on any atom is 0.372 e. The second kappa shape index (κ2) is 7.20. The van der Waals surface area contributed by atoms with Crippen molar-refractivity contribution in [2.45, 2.75) is 19.8 Å². The number of rotatable bonds is 6. The monoisotopic (exact) mass is 330 g/mol. The summed E-state index contributed by atoms with van der Waals surface area (Å²) in [6, 6.07) is 12.5. The SMILES string of the molecule is Cc1c(Cl)cccc1Cc1cccc(C(=O)CC(=O)C(=O)O)c1. The number of Topliss-reactive ketones (excluding diaryl/α,β-unsaturated/α-hetero) is 2. The summed E-state index contributed by atoms with van der Waals surface area (Å²) in [5, 5.41) is 9.25. The van der Waals surface area contributed by atoms with Gasteiger partial charge < -0.3 is 5.11 Å². The summed E-state index contributed by atoms with van der Waals surface area (Å²) in [5.41, 5.74) is 3.25. The van der Waals surface area contributed by atoms with Crippen LogP contribution in [0.3, 0.4) is 0 Å². The molecule has 0 amide bonds. The number of halogens is 1. The van der Waals surface area contributed by atoms with E-state index in [2.05, 4.69) is 0 Å².